The van der Waals surface area contributed by atoms with Crippen LogP contribution in [0, 0.1) is 6.92 Å². The van der Waals surface area contributed by atoms with Crippen molar-refractivity contribution in [1.29, 1.82) is 0 Å². The van der Waals surface area contributed by atoms with Crippen LogP contribution in [-0.2, 0) is 4.79 Å². The molecule has 1 unspecified atom stereocenters. The van der Waals surface area contributed by atoms with Crippen LogP contribution in [0.2, 0.25) is 5.02 Å². The summed E-state index contributed by atoms with van der Waals surface area (Å²) in [4.78, 5) is 12.1. The van der Waals surface area contributed by atoms with Crippen molar-refractivity contribution in [3.05, 3.63) is 53.1 Å². The molecule has 4 nitrogen and oxygen atoms in total. The summed E-state index contributed by atoms with van der Waals surface area (Å²) >= 11 is 6.04. The maximum atomic E-state index is 12.1. The van der Waals surface area contributed by atoms with Crippen molar-refractivity contribution in [2.45, 2.75) is 20.0 Å². The zero-order valence-corrected chi connectivity index (χ0v) is 13.5. The smallest absolute Gasteiger partial charge is 0.265 e. The van der Waals surface area contributed by atoms with Gasteiger partial charge < -0.3 is 14.8 Å². The molecule has 1 atom stereocenters. The van der Waals surface area contributed by atoms with E-state index in [4.69, 9.17) is 21.1 Å². The monoisotopic (exact) mass is 319 g/mol. The van der Waals surface area contributed by atoms with E-state index in [1.54, 1.807) is 50.4 Å². The molecule has 22 heavy (non-hydrogen) atoms. The quantitative estimate of drug-likeness (QED) is 0.904. The summed E-state index contributed by atoms with van der Waals surface area (Å²) in [5.74, 6) is 1.10. The van der Waals surface area contributed by atoms with Crippen molar-refractivity contribution in [2.75, 3.05) is 12.4 Å². The number of methoxy groups -OCH3 is 1. The van der Waals surface area contributed by atoms with Crippen LogP contribution in [-0.4, -0.2) is 19.1 Å². The Balaban J connectivity index is 1.97. The first-order chi connectivity index (χ1) is 10.5. The summed E-state index contributed by atoms with van der Waals surface area (Å²) in [6.45, 7) is 3.60. The average Bonchev–Trinajstić information content (AvgIpc) is 2.51. The first kappa shape index (κ1) is 16.2. The molecular formula is C17H18ClNO3. The van der Waals surface area contributed by atoms with Gasteiger partial charge in [-0.05, 0) is 55.8 Å². The van der Waals surface area contributed by atoms with Crippen LogP contribution < -0.4 is 14.8 Å². The predicted octanol–water partition coefficient (Wildman–Crippen LogP) is 4.06. The van der Waals surface area contributed by atoms with E-state index < -0.39 is 6.10 Å². The molecule has 0 bridgehead atoms. The summed E-state index contributed by atoms with van der Waals surface area (Å²) in [5, 5.41) is 3.39. The molecule has 0 aliphatic heterocycles. The van der Waals surface area contributed by atoms with Crippen LogP contribution in [0.15, 0.2) is 42.5 Å². The summed E-state index contributed by atoms with van der Waals surface area (Å²) in [6.07, 6.45) is -0.631. The lowest BCUT2D eigenvalue weighted by atomic mass is 10.2. The third kappa shape index (κ3) is 4.15. The molecule has 0 radical (unpaired) electrons. The SMILES string of the molecule is COc1ccc(OC(C)C(=O)Nc2ccc(C)c(Cl)c2)cc1. The first-order valence-electron chi connectivity index (χ1n) is 6.87. The zero-order valence-electron chi connectivity index (χ0n) is 12.7. The Morgan fingerprint density at radius 1 is 1.14 bits per heavy atom. The Labute approximate surface area is 135 Å². The van der Waals surface area contributed by atoms with Crippen LogP contribution >= 0.6 is 11.6 Å². The molecule has 0 spiro atoms. The average molecular weight is 320 g/mol. The summed E-state index contributed by atoms with van der Waals surface area (Å²) in [7, 11) is 1.60. The van der Waals surface area contributed by atoms with Crippen LogP contribution in [0.4, 0.5) is 5.69 Å². The van der Waals surface area contributed by atoms with Crippen LogP contribution in [0.25, 0.3) is 0 Å². The molecule has 0 heterocycles. The van der Waals surface area contributed by atoms with E-state index in [2.05, 4.69) is 5.32 Å². The number of anilines is 1. The number of ether oxygens (including phenoxy) is 2. The molecule has 1 amide bonds. The number of hydrogen-bond donors (Lipinski definition) is 1. The van der Waals surface area contributed by atoms with E-state index >= 15 is 0 Å². The molecular weight excluding hydrogens is 302 g/mol. The minimum atomic E-state index is -0.631. The highest BCUT2D eigenvalue weighted by atomic mass is 35.5. The molecule has 0 aliphatic rings. The van der Waals surface area contributed by atoms with Gasteiger partial charge in [0, 0.05) is 10.7 Å². The van der Waals surface area contributed by atoms with Crippen molar-refractivity contribution < 1.29 is 14.3 Å². The number of carbonyl (C=O) groups is 1. The highest BCUT2D eigenvalue weighted by molar-refractivity contribution is 6.31. The number of rotatable bonds is 5. The molecule has 0 aromatic heterocycles. The molecule has 0 aliphatic carbocycles. The Bertz CT molecular complexity index is 655. The predicted molar refractivity (Wildman–Crippen MR) is 87.9 cm³/mol. The number of hydrogen-bond acceptors (Lipinski definition) is 3. The van der Waals surface area contributed by atoms with Gasteiger partial charge in [-0.1, -0.05) is 17.7 Å². The molecule has 0 saturated carbocycles. The number of carbonyl (C=O) groups excluding carboxylic acids is 1. The standard InChI is InChI=1S/C17H18ClNO3/c1-11-4-5-13(10-16(11)18)19-17(20)12(2)22-15-8-6-14(21-3)7-9-15/h4-10,12H,1-3H3,(H,19,20). The maximum Gasteiger partial charge on any atom is 0.265 e. The van der Waals surface area contributed by atoms with Crippen molar-refractivity contribution in [2.24, 2.45) is 0 Å². The maximum absolute atomic E-state index is 12.1. The number of halogens is 1. The van der Waals surface area contributed by atoms with E-state index in [0.717, 1.165) is 11.3 Å². The third-order valence-corrected chi connectivity index (χ3v) is 3.59. The Kier molecular flexibility index (Phi) is 5.28. The largest absolute Gasteiger partial charge is 0.497 e. The lowest BCUT2D eigenvalue weighted by Gasteiger charge is -2.15. The minimum absolute atomic E-state index is 0.240. The lowest BCUT2D eigenvalue weighted by molar-refractivity contribution is -0.122. The van der Waals surface area contributed by atoms with Gasteiger partial charge in [-0.15, -0.1) is 0 Å². The van der Waals surface area contributed by atoms with E-state index in [1.165, 1.54) is 0 Å². The van der Waals surface area contributed by atoms with Crippen molar-refractivity contribution in [1.82, 2.24) is 0 Å². The van der Waals surface area contributed by atoms with Crippen LogP contribution in [0.1, 0.15) is 12.5 Å². The van der Waals surface area contributed by atoms with Gasteiger partial charge in [0.15, 0.2) is 6.10 Å². The number of nitrogens with one attached hydrogen (secondary N) is 1. The summed E-state index contributed by atoms with van der Waals surface area (Å²) in [6, 6.07) is 12.4. The third-order valence-electron chi connectivity index (χ3n) is 3.18. The van der Waals surface area contributed by atoms with Gasteiger partial charge >= 0.3 is 0 Å². The Hall–Kier alpha value is -2.20. The highest BCUT2D eigenvalue weighted by Crippen LogP contribution is 2.21. The van der Waals surface area contributed by atoms with Crippen molar-refractivity contribution in [3.8, 4) is 11.5 Å². The lowest BCUT2D eigenvalue weighted by Crippen LogP contribution is -2.30. The fourth-order valence-corrected chi connectivity index (χ4v) is 2.01. The second-order valence-electron chi connectivity index (χ2n) is 4.89. The van der Waals surface area contributed by atoms with Gasteiger partial charge in [0.25, 0.3) is 5.91 Å². The van der Waals surface area contributed by atoms with Gasteiger partial charge in [0.1, 0.15) is 11.5 Å². The van der Waals surface area contributed by atoms with Crippen LogP contribution in [0.3, 0.4) is 0 Å². The fraction of sp³-hybridized carbons (Fsp3) is 0.235. The molecule has 0 saturated heterocycles. The number of benzene rings is 2. The van der Waals surface area contributed by atoms with Gasteiger partial charge in [-0.3, -0.25) is 4.79 Å². The molecule has 2 aromatic carbocycles. The highest BCUT2D eigenvalue weighted by Gasteiger charge is 2.15. The van der Waals surface area contributed by atoms with E-state index in [9.17, 15) is 4.79 Å². The van der Waals surface area contributed by atoms with Crippen LogP contribution in [0.5, 0.6) is 11.5 Å². The van der Waals surface area contributed by atoms with Crippen molar-refractivity contribution >= 4 is 23.2 Å². The van der Waals surface area contributed by atoms with Gasteiger partial charge in [0.05, 0.1) is 7.11 Å². The Morgan fingerprint density at radius 2 is 1.77 bits per heavy atom. The first-order valence-corrected chi connectivity index (χ1v) is 7.25. The van der Waals surface area contributed by atoms with Gasteiger partial charge in [-0.25, -0.2) is 0 Å². The Morgan fingerprint density at radius 3 is 2.36 bits per heavy atom. The van der Waals surface area contributed by atoms with E-state index in [1.807, 2.05) is 13.0 Å². The van der Waals surface area contributed by atoms with Gasteiger partial charge in [-0.2, -0.15) is 0 Å². The molecule has 116 valence electrons. The second kappa shape index (κ2) is 7.18. The summed E-state index contributed by atoms with van der Waals surface area (Å²) < 4.78 is 10.7. The van der Waals surface area contributed by atoms with Gasteiger partial charge in [0.2, 0.25) is 0 Å². The van der Waals surface area contributed by atoms with E-state index in [0.29, 0.717) is 16.5 Å². The van der Waals surface area contributed by atoms with E-state index in [-0.39, 0.29) is 5.91 Å². The summed E-state index contributed by atoms with van der Waals surface area (Å²) in [5.41, 5.74) is 1.60. The molecule has 2 aromatic rings. The topological polar surface area (TPSA) is 47.6 Å². The minimum Gasteiger partial charge on any atom is -0.497 e. The fourth-order valence-electron chi connectivity index (χ4n) is 1.83. The molecule has 5 heteroatoms. The number of aryl methyl sites for hydroxylation is 1. The second-order valence-corrected chi connectivity index (χ2v) is 5.30. The van der Waals surface area contributed by atoms with Crippen molar-refractivity contribution in [3.63, 3.8) is 0 Å². The normalized spacial score (nSPS) is 11.6. The molecule has 2 rings (SSSR count). The molecule has 1 N–H and O–H groups in total. The molecule has 0 fully saturated rings. The number of amides is 1. The zero-order chi connectivity index (χ0) is 16.1.